The summed E-state index contributed by atoms with van der Waals surface area (Å²) in [4.78, 5) is 38.9. The number of ether oxygens (including phenoxy) is 2. The van der Waals surface area contributed by atoms with Gasteiger partial charge in [-0.15, -0.1) is 11.8 Å². The number of hydrogen-bond acceptors (Lipinski definition) is 8. The van der Waals surface area contributed by atoms with Crippen LogP contribution in [0.5, 0.6) is 5.75 Å². The van der Waals surface area contributed by atoms with Crippen LogP contribution in [0, 0.1) is 10.1 Å². The molecule has 0 unspecified atom stereocenters. The second-order valence-corrected chi connectivity index (χ2v) is 6.03. The number of rotatable bonds is 7. The Balaban J connectivity index is 2.09. The predicted molar refractivity (Wildman–Crippen MR) is 99.2 cm³/mol. The first-order valence-corrected chi connectivity index (χ1v) is 8.93. The zero-order valence-electron chi connectivity index (χ0n) is 14.8. The van der Waals surface area contributed by atoms with Gasteiger partial charge in [0.15, 0.2) is 6.10 Å². The third kappa shape index (κ3) is 4.94. The molecule has 0 radical (unpaired) electrons. The van der Waals surface area contributed by atoms with Gasteiger partial charge in [-0.2, -0.15) is 0 Å². The Morgan fingerprint density at radius 2 is 2.07 bits per heavy atom. The van der Waals surface area contributed by atoms with Crippen molar-refractivity contribution in [3.05, 3.63) is 52.2 Å². The summed E-state index contributed by atoms with van der Waals surface area (Å²) in [6, 6.07) is 6.92. The number of carbonyl (C=O) groups is 2. The maximum absolute atomic E-state index is 12.3. The summed E-state index contributed by atoms with van der Waals surface area (Å²) in [5.74, 6) is -1.16. The van der Waals surface area contributed by atoms with Gasteiger partial charge < -0.3 is 14.8 Å². The van der Waals surface area contributed by atoms with Crippen LogP contribution in [0.3, 0.4) is 0 Å². The standard InChI is InChI=1S/C17H17N3O6S/c1-10(26-17(22)12-5-4-8-18-16(12)27-3)15(21)19-13-7-6-11(20(23)24)9-14(13)25-2/h4-10H,1-3H3,(H,19,21)/t10-/m1/s1. The molecule has 0 aliphatic carbocycles. The molecule has 1 heterocycles. The Kier molecular flexibility index (Phi) is 6.72. The fraction of sp³-hybridized carbons (Fsp3) is 0.235. The number of non-ortho nitro benzene ring substituents is 1. The topological polar surface area (TPSA) is 121 Å². The van der Waals surface area contributed by atoms with E-state index in [0.29, 0.717) is 5.03 Å². The van der Waals surface area contributed by atoms with Gasteiger partial charge in [-0.3, -0.25) is 14.9 Å². The Morgan fingerprint density at radius 1 is 1.33 bits per heavy atom. The van der Waals surface area contributed by atoms with E-state index >= 15 is 0 Å². The number of aromatic nitrogens is 1. The van der Waals surface area contributed by atoms with E-state index in [9.17, 15) is 19.7 Å². The first kappa shape index (κ1) is 20.2. The van der Waals surface area contributed by atoms with E-state index < -0.39 is 22.9 Å². The van der Waals surface area contributed by atoms with Crippen molar-refractivity contribution in [3.8, 4) is 5.75 Å². The number of benzene rings is 1. The molecule has 0 aliphatic heterocycles. The van der Waals surface area contributed by atoms with Crippen molar-refractivity contribution in [2.75, 3.05) is 18.7 Å². The number of amides is 1. The molecule has 0 saturated heterocycles. The van der Waals surface area contributed by atoms with E-state index in [-0.39, 0.29) is 22.7 Å². The minimum Gasteiger partial charge on any atom is -0.494 e. The third-order valence-electron chi connectivity index (χ3n) is 3.49. The highest BCUT2D eigenvalue weighted by atomic mass is 32.2. The Bertz CT molecular complexity index is 873. The number of nitro benzene ring substituents is 1. The number of pyridine rings is 1. The molecule has 142 valence electrons. The van der Waals surface area contributed by atoms with Crippen molar-refractivity contribution in [2.24, 2.45) is 0 Å². The minimum atomic E-state index is -1.10. The summed E-state index contributed by atoms with van der Waals surface area (Å²) in [7, 11) is 1.32. The molecule has 1 N–H and O–H groups in total. The Labute approximate surface area is 159 Å². The van der Waals surface area contributed by atoms with Gasteiger partial charge in [-0.1, -0.05) is 0 Å². The summed E-state index contributed by atoms with van der Waals surface area (Å²) < 4.78 is 10.3. The molecule has 0 bridgehead atoms. The highest BCUT2D eigenvalue weighted by molar-refractivity contribution is 7.98. The molecule has 27 heavy (non-hydrogen) atoms. The van der Waals surface area contributed by atoms with Gasteiger partial charge in [0.1, 0.15) is 10.8 Å². The largest absolute Gasteiger partial charge is 0.494 e. The molecule has 9 nitrogen and oxygen atoms in total. The number of methoxy groups -OCH3 is 1. The molecule has 10 heteroatoms. The van der Waals surface area contributed by atoms with Crippen molar-refractivity contribution >= 4 is 35.0 Å². The summed E-state index contributed by atoms with van der Waals surface area (Å²) in [6.07, 6.45) is 2.22. The normalized spacial score (nSPS) is 11.4. The molecule has 0 aliphatic rings. The van der Waals surface area contributed by atoms with Crippen LogP contribution in [-0.4, -0.2) is 41.3 Å². The van der Waals surface area contributed by atoms with Crippen LogP contribution >= 0.6 is 11.8 Å². The average molecular weight is 391 g/mol. The van der Waals surface area contributed by atoms with Gasteiger partial charge >= 0.3 is 5.97 Å². The molecule has 2 aromatic rings. The predicted octanol–water partition coefficient (Wildman–Crippen LogP) is 2.90. The lowest BCUT2D eigenvalue weighted by Crippen LogP contribution is -2.30. The second kappa shape index (κ2) is 8.99. The summed E-state index contributed by atoms with van der Waals surface area (Å²) in [5.41, 5.74) is 0.310. The van der Waals surface area contributed by atoms with Crippen molar-refractivity contribution in [3.63, 3.8) is 0 Å². The number of nitro groups is 1. The zero-order chi connectivity index (χ0) is 20.0. The monoisotopic (exact) mass is 391 g/mol. The van der Waals surface area contributed by atoms with E-state index in [0.717, 1.165) is 0 Å². The Morgan fingerprint density at radius 3 is 2.70 bits per heavy atom. The van der Waals surface area contributed by atoms with E-state index in [1.54, 1.807) is 24.6 Å². The first-order valence-electron chi connectivity index (χ1n) is 7.70. The van der Waals surface area contributed by atoms with Crippen LogP contribution in [0.4, 0.5) is 11.4 Å². The Hall–Kier alpha value is -3.14. The van der Waals surface area contributed by atoms with Crippen LogP contribution in [-0.2, 0) is 9.53 Å². The van der Waals surface area contributed by atoms with Crippen molar-refractivity contribution < 1.29 is 24.0 Å². The maximum atomic E-state index is 12.3. The fourth-order valence-corrected chi connectivity index (χ4v) is 2.66. The number of anilines is 1. The third-order valence-corrected chi connectivity index (χ3v) is 4.20. The lowest BCUT2D eigenvalue weighted by atomic mass is 10.2. The van der Waals surface area contributed by atoms with Crippen LogP contribution < -0.4 is 10.1 Å². The van der Waals surface area contributed by atoms with E-state index in [4.69, 9.17) is 9.47 Å². The average Bonchev–Trinajstić information content (AvgIpc) is 2.67. The van der Waals surface area contributed by atoms with Crippen LogP contribution in [0.25, 0.3) is 0 Å². The number of esters is 1. The van der Waals surface area contributed by atoms with E-state index in [1.807, 2.05) is 0 Å². The molecular formula is C17H17N3O6S. The van der Waals surface area contributed by atoms with Gasteiger partial charge in [-0.05, 0) is 31.4 Å². The lowest BCUT2D eigenvalue weighted by Gasteiger charge is -2.15. The van der Waals surface area contributed by atoms with Gasteiger partial charge in [-0.25, -0.2) is 9.78 Å². The first-order chi connectivity index (χ1) is 12.9. The van der Waals surface area contributed by atoms with Crippen LogP contribution in [0.15, 0.2) is 41.6 Å². The smallest absolute Gasteiger partial charge is 0.341 e. The molecule has 0 spiro atoms. The number of carbonyl (C=O) groups excluding carboxylic acids is 2. The SMILES string of the molecule is COc1cc([N+](=O)[O-])ccc1NC(=O)[C@@H](C)OC(=O)c1cccnc1SC. The number of hydrogen-bond donors (Lipinski definition) is 1. The number of nitrogens with one attached hydrogen (secondary N) is 1. The molecule has 0 saturated carbocycles. The molecule has 0 fully saturated rings. The van der Waals surface area contributed by atoms with Gasteiger partial charge in [0, 0.05) is 12.3 Å². The van der Waals surface area contributed by atoms with E-state index in [1.165, 1.54) is 44.0 Å². The van der Waals surface area contributed by atoms with Crippen LogP contribution in [0.1, 0.15) is 17.3 Å². The zero-order valence-corrected chi connectivity index (χ0v) is 15.6. The van der Waals surface area contributed by atoms with Crippen LogP contribution in [0.2, 0.25) is 0 Å². The molecule has 2 rings (SSSR count). The van der Waals surface area contributed by atoms with Crippen molar-refractivity contribution in [1.82, 2.24) is 4.98 Å². The molecule has 1 aromatic heterocycles. The quantitative estimate of drug-likeness (QED) is 0.331. The number of nitrogens with zero attached hydrogens (tertiary/aromatic N) is 2. The second-order valence-electron chi connectivity index (χ2n) is 5.24. The highest BCUT2D eigenvalue weighted by Gasteiger charge is 2.22. The van der Waals surface area contributed by atoms with E-state index in [2.05, 4.69) is 10.3 Å². The molecular weight excluding hydrogens is 374 g/mol. The lowest BCUT2D eigenvalue weighted by molar-refractivity contribution is -0.384. The summed E-state index contributed by atoms with van der Waals surface area (Å²) >= 11 is 1.29. The fourth-order valence-electron chi connectivity index (χ4n) is 2.12. The molecule has 1 amide bonds. The summed E-state index contributed by atoms with van der Waals surface area (Å²) in [5, 5.41) is 13.8. The van der Waals surface area contributed by atoms with Gasteiger partial charge in [0.05, 0.1) is 29.4 Å². The molecule has 1 atom stereocenters. The summed E-state index contributed by atoms with van der Waals surface area (Å²) in [6.45, 7) is 1.42. The van der Waals surface area contributed by atoms with Gasteiger partial charge in [0.25, 0.3) is 11.6 Å². The van der Waals surface area contributed by atoms with Crippen molar-refractivity contribution in [1.29, 1.82) is 0 Å². The number of thioether (sulfide) groups is 1. The van der Waals surface area contributed by atoms with Gasteiger partial charge in [0.2, 0.25) is 0 Å². The highest BCUT2D eigenvalue weighted by Crippen LogP contribution is 2.29. The maximum Gasteiger partial charge on any atom is 0.341 e. The van der Waals surface area contributed by atoms with Crippen molar-refractivity contribution in [2.45, 2.75) is 18.1 Å². The minimum absolute atomic E-state index is 0.119. The molecule has 1 aromatic carbocycles.